The fraction of sp³-hybridized carbons (Fsp3) is 0.0556. The summed E-state index contributed by atoms with van der Waals surface area (Å²) in [5.41, 5.74) is 1.19. The summed E-state index contributed by atoms with van der Waals surface area (Å²) in [4.78, 5) is 0.0839. The van der Waals surface area contributed by atoms with Crippen LogP contribution < -0.4 is 14.8 Å². The topological polar surface area (TPSA) is 117 Å². The average Bonchev–Trinajstić information content (AvgIpc) is 2.69. The highest BCUT2D eigenvalue weighted by molar-refractivity contribution is 7.92. The van der Waals surface area contributed by atoms with E-state index in [0.29, 0.717) is 22.8 Å². The van der Waals surface area contributed by atoms with E-state index in [1.165, 1.54) is 25.3 Å². The van der Waals surface area contributed by atoms with Gasteiger partial charge in [0.15, 0.2) is 11.6 Å². The molecule has 8 nitrogen and oxygen atoms in total. The lowest BCUT2D eigenvalue weighted by Gasteiger charge is -2.09. The zero-order valence-corrected chi connectivity index (χ0v) is 15.1. The number of benzene rings is 2. The second-order valence-electron chi connectivity index (χ2n) is 5.40. The molecule has 0 unspecified atom stereocenters. The first-order valence-electron chi connectivity index (χ1n) is 7.78. The molecule has 2 N–H and O–H groups in total. The van der Waals surface area contributed by atoms with Gasteiger partial charge in [-0.15, -0.1) is 10.2 Å². The number of sulfonamides is 1. The molecule has 2 aromatic carbocycles. The monoisotopic (exact) mass is 381 g/mol. The Bertz CT molecular complexity index is 1080. The van der Waals surface area contributed by atoms with Crippen molar-refractivity contribution in [2.75, 3.05) is 17.1 Å². The van der Waals surface area contributed by atoms with Gasteiger partial charge in [-0.05, 0) is 54.6 Å². The van der Waals surface area contributed by atoms with Crippen LogP contribution in [0.3, 0.4) is 0 Å². The lowest BCUT2D eigenvalue weighted by Crippen LogP contribution is -2.14. The summed E-state index contributed by atoms with van der Waals surface area (Å²) in [5, 5.41) is 19.7. The minimum Gasteiger partial charge on any atom is -0.497 e. The molecule has 0 aliphatic rings. The van der Waals surface area contributed by atoms with E-state index >= 15 is 0 Å². The molecule has 0 fully saturated rings. The Morgan fingerprint density at radius 3 is 2.33 bits per heavy atom. The number of hydrogen-bond acceptors (Lipinski definition) is 7. The van der Waals surface area contributed by atoms with E-state index in [4.69, 9.17) is 10.00 Å². The van der Waals surface area contributed by atoms with E-state index in [-0.39, 0.29) is 10.7 Å². The Balaban J connectivity index is 1.72. The van der Waals surface area contributed by atoms with Crippen LogP contribution in [0.4, 0.5) is 17.3 Å². The molecule has 1 aromatic heterocycles. The van der Waals surface area contributed by atoms with Gasteiger partial charge in [-0.25, -0.2) is 8.42 Å². The summed E-state index contributed by atoms with van der Waals surface area (Å²) in [6, 6.07) is 18.0. The largest absolute Gasteiger partial charge is 0.497 e. The Hall–Kier alpha value is -3.64. The van der Waals surface area contributed by atoms with Crippen LogP contribution in [0.2, 0.25) is 0 Å². The van der Waals surface area contributed by atoms with E-state index < -0.39 is 10.0 Å². The predicted octanol–water partition coefficient (Wildman–Crippen LogP) is 2.90. The normalized spacial score (nSPS) is 10.7. The van der Waals surface area contributed by atoms with Crippen LogP contribution in [0.1, 0.15) is 5.56 Å². The lowest BCUT2D eigenvalue weighted by atomic mass is 10.2. The number of hydrogen-bond donors (Lipinski definition) is 2. The zero-order valence-electron chi connectivity index (χ0n) is 14.2. The van der Waals surface area contributed by atoms with Gasteiger partial charge in [0.1, 0.15) is 5.75 Å². The van der Waals surface area contributed by atoms with Crippen LogP contribution in [-0.2, 0) is 10.0 Å². The smallest absolute Gasteiger partial charge is 0.263 e. The van der Waals surface area contributed by atoms with Crippen LogP contribution in [0.15, 0.2) is 65.6 Å². The van der Waals surface area contributed by atoms with Crippen molar-refractivity contribution in [2.45, 2.75) is 4.90 Å². The van der Waals surface area contributed by atoms with E-state index in [2.05, 4.69) is 26.3 Å². The fourth-order valence-electron chi connectivity index (χ4n) is 2.22. The van der Waals surface area contributed by atoms with Gasteiger partial charge in [0.2, 0.25) is 0 Å². The molecule has 0 bridgehead atoms. The molecule has 0 atom stereocenters. The third-order valence-electron chi connectivity index (χ3n) is 3.54. The fourth-order valence-corrected chi connectivity index (χ4v) is 3.22. The Morgan fingerprint density at radius 1 is 1.00 bits per heavy atom. The minimum absolute atomic E-state index is 0.0839. The van der Waals surface area contributed by atoms with Crippen LogP contribution in [0.25, 0.3) is 0 Å². The minimum atomic E-state index is -3.78. The molecule has 0 radical (unpaired) electrons. The quantitative estimate of drug-likeness (QED) is 0.674. The molecule has 0 spiro atoms. The number of nitriles is 1. The number of ether oxygens (including phenoxy) is 1. The van der Waals surface area contributed by atoms with Gasteiger partial charge in [-0.1, -0.05) is 6.07 Å². The molecular formula is C18H15N5O3S. The zero-order chi connectivity index (χ0) is 19.3. The van der Waals surface area contributed by atoms with Gasteiger partial charge in [0.25, 0.3) is 10.0 Å². The van der Waals surface area contributed by atoms with Crippen molar-refractivity contribution in [3.05, 3.63) is 66.2 Å². The summed E-state index contributed by atoms with van der Waals surface area (Å²) in [6.45, 7) is 0. The Morgan fingerprint density at radius 2 is 1.70 bits per heavy atom. The molecule has 1 heterocycles. The molecule has 3 rings (SSSR count). The summed E-state index contributed by atoms with van der Waals surface area (Å²) in [7, 11) is -2.28. The first-order valence-corrected chi connectivity index (χ1v) is 9.26. The number of nitrogens with one attached hydrogen (secondary N) is 2. The number of aromatic nitrogens is 2. The summed E-state index contributed by atoms with van der Waals surface area (Å²) in [6.07, 6.45) is 0. The number of anilines is 3. The first kappa shape index (κ1) is 18.2. The molecule has 9 heteroatoms. The van der Waals surface area contributed by atoms with Crippen molar-refractivity contribution in [1.82, 2.24) is 10.2 Å². The second-order valence-corrected chi connectivity index (χ2v) is 7.08. The molecule has 0 aliphatic carbocycles. The van der Waals surface area contributed by atoms with Crippen molar-refractivity contribution in [3.63, 3.8) is 0 Å². The highest BCUT2D eigenvalue weighted by atomic mass is 32.2. The van der Waals surface area contributed by atoms with Crippen molar-refractivity contribution in [2.24, 2.45) is 0 Å². The first-order chi connectivity index (χ1) is 13.0. The van der Waals surface area contributed by atoms with Gasteiger partial charge in [0, 0.05) is 5.69 Å². The van der Waals surface area contributed by atoms with Crippen molar-refractivity contribution in [1.29, 1.82) is 5.26 Å². The number of methoxy groups -OCH3 is 1. The molecular weight excluding hydrogens is 366 g/mol. The van der Waals surface area contributed by atoms with E-state index in [1.807, 2.05) is 0 Å². The third-order valence-corrected chi connectivity index (χ3v) is 4.91. The van der Waals surface area contributed by atoms with E-state index in [0.717, 1.165) is 0 Å². The molecule has 3 aromatic rings. The molecule has 0 aliphatic heterocycles. The van der Waals surface area contributed by atoms with Gasteiger partial charge in [-0.2, -0.15) is 5.26 Å². The molecule has 27 heavy (non-hydrogen) atoms. The van der Waals surface area contributed by atoms with Crippen molar-refractivity contribution >= 4 is 27.3 Å². The summed E-state index contributed by atoms with van der Waals surface area (Å²) in [5.74, 6) is 1.06. The molecule has 136 valence electrons. The van der Waals surface area contributed by atoms with E-state index in [9.17, 15) is 8.42 Å². The van der Waals surface area contributed by atoms with Crippen molar-refractivity contribution in [3.8, 4) is 11.8 Å². The Labute approximate surface area is 156 Å². The highest BCUT2D eigenvalue weighted by Gasteiger charge is 2.15. The molecule has 0 saturated carbocycles. The highest BCUT2D eigenvalue weighted by Crippen LogP contribution is 2.19. The summed E-state index contributed by atoms with van der Waals surface area (Å²) >= 11 is 0. The van der Waals surface area contributed by atoms with Gasteiger partial charge in [-0.3, -0.25) is 4.72 Å². The summed E-state index contributed by atoms with van der Waals surface area (Å²) < 4.78 is 32.1. The third kappa shape index (κ3) is 4.50. The van der Waals surface area contributed by atoms with Gasteiger partial charge >= 0.3 is 0 Å². The average molecular weight is 381 g/mol. The second kappa shape index (κ2) is 7.72. The SMILES string of the molecule is COc1ccc(S(=O)(=O)Nc2ccc(Nc3cccc(C#N)c3)nn2)cc1. The number of rotatable bonds is 6. The number of nitrogens with zero attached hydrogens (tertiary/aromatic N) is 3. The van der Waals surface area contributed by atoms with Crippen LogP contribution in [-0.4, -0.2) is 25.7 Å². The predicted molar refractivity (Wildman–Crippen MR) is 100 cm³/mol. The van der Waals surface area contributed by atoms with E-state index in [1.54, 1.807) is 42.5 Å². The Kier molecular flexibility index (Phi) is 5.19. The lowest BCUT2D eigenvalue weighted by molar-refractivity contribution is 0.414. The van der Waals surface area contributed by atoms with Gasteiger partial charge < -0.3 is 10.1 Å². The van der Waals surface area contributed by atoms with Crippen LogP contribution in [0.5, 0.6) is 5.75 Å². The molecule has 0 saturated heterocycles. The maximum absolute atomic E-state index is 12.4. The standard InChI is InChI=1S/C18H15N5O3S/c1-26-15-5-7-16(8-6-15)27(24,25)23-18-10-9-17(21-22-18)20-14-4-2-3-13(11-14)12-19/h2-11H,1H3,(H,20,21)(H,22,23). The van der Waals surface area contributed by atoms with Crippen molar-refractivity contribution < 1.29 is 13.2 Å². The maximum atomic E-state index is 12.4. The van der Waals surface area contributed by atoms with Crippen LogP contribution in [0, 0.1) is 11.3 Å². The molecule has 0 amide bonds. The van der Waals surface area contributed by atoms with Gasteiger partial charge in [0.05, 0.1) is 23.6 Å². The van der Waals surface area contributed by atoms with Crippen LogP contribution >= 0.6 is 0 Å². The maximum Gasteiger partial charge on any atom is 0.263 e.